The summed E-state index contributed by atoms with van der Waals surface area (Å²) in [6.45, 7) is 1.21. The molecule has 0 saturated carbocycles. The van der Waals surface area contributed by atoms with Gasteiger partial charge < -0.3 is 11.1 Å². The molecule has 5 heteroatoms. The van der Waals surface area contributed by atoms with Crippen molar-refractivity contribution in [3.63, 3.8) is 0 Å². The minimum atomic E-state index is -0.741. The zero-order valence-electron chi connectivity index (χ0n) is 7.60. The smallest absolute Gasteiger partial charge is 0.236 e. The van der Waals surface area contributed by atoms with Gasteiger partial charge in [-0.3, -0.25) is 4.79 Å². The summed E-state index contributed by atoms with van der Waals surface area (Å²) in [5.41, 5.74) is 4.82. The summed E-state index contributed by atoms with van der Waals surface area (Å²) in [6, 6.07) is 2.45. The first-order valence-corrected chi connectivity index (χ1v) is 3.99. The number of carbonyl (C=O) groups is 1. The Morgan fingerprint density at radius 3 is 2.71 bits per heavy atom. The van der Waals surface area contributed by atoms with Crippen LogP contribution in [0.2, 0.25) is 0 Å². The van der Waals surface area contributed by atoms with Crippen molar-refractivity contribution in [2.75, 3.05) is 11.9 Å². The Kier molecular flexibility index (Phi) is 3.01. The highest BCUT2D eigenvalue weighted by Crippen LogP contribution is 2.20. The van der Waals surface area contributed by atoms with Gasteiger partial charge >= 0.3 is 0 Å². The van der Waals surface area contributed by atoms with Crippen molar-refractivity contribution in [1.82, 2.24) is 0 Å². The fraction of sp³-hybridized carbons (Fsp3) is 0.222. The molecule has 14 heavy (non-hydrogen) atoms. The highest BCUT2D eigenvalue weighted by Gasteiger charge is 2.11. The molecule has 1 aromatic rings. The number of hydrogen-bond donors (Lipinski definition) is 2. The number of benzene rings is 1. The van der Waals surface area contributed by atoms with Crippen LogP contribution in [0, 0.1) is 18.6 Å². The molecule has 1 rings (SSSR count). The van der Waals surface area contributed by atoms with Gasteiger partial charge in [0.05, 0.1) is 6.54 Å². The average molecular weight is 200 g/mol. The summed E-state index contributed by atoms with van der Waals surface area (Å²) in [5.74, 6) is -2.12. The molecule has 0 heterocycles. The number of amides is 1. The van der Waals surface area contributed by atoms with Gasteiger partial charge in [0.15, 0.2) is 5.82 Å². The first kappa shape index (κ1) is 10.4. The monoisotopic (exact) mass is 200 g/mol. The molecule has 3 N–H and O–H groups in total. The van der Waals surface area contributed by atoms with Gasteiger partial charge in [0.1, 0.15) is 11.5 Å². The van der Waals surface area contributed by atoms with E-state index in [1.807, 2.05) is 0 Å². The van der Waals surface area contributed by atoms with Crippen LogP contribution in [-0.2, 0) is 4.79 Å². The molecule has 0 aliphatic heterocycles. The molecule has 0 saturated heterocycles. The van der Waals surface area contributed by atoms with Gasteiger partial charge in [-0.05, 0) is 18.6 Å². The van der Waals surface area contributed by atoms with E-state index in [-0.39, 0.29) is 12.2 Å². The number of rotatable bonds is 3. The van der Waals surface area contributed by atoms with Crippen molar-refractivity contribution in [1.29, 1.82) is 0 Å². The quantitative estimate of drug-likeness (QED) is 0.769. The highest BCUT2D eigenvalue weighted by atomic mass is 19.1. The largest absolute Gasteiger partial charge is 0.371 e. The van der Waals surface area contributed by atoms with Crippen LogP contribution >= 0.6 is 0 Å². The van der Waals surface area contributed by atoms with Crippen LogP contribution < -0.4 is 11.1 Å². The van der Waals surface area contributed by atoms with Crippen molar-refractivity contribution in [3.05, 3.63) is 29.3 Å². The highest BCUT2D eigenvalue weighted by molar-refractivity contribution is 5.78. The Bertz CT molecular complexity index is 366. The maximum absolute atomic E-state index is 13.3. The summed E-state index contributed by atoms with van der Waals surface area (Å²) >= 11 is 0. The van der Waals surface area contributed by atoms with Crippen LogP contribution in [0.4, 0.5) is 14.5 Å². The van der Waals surface area contributed by atoms with Gasteiger partial charge in [0.2, 0.25) is 5.91 Å². The van der Waals surface area contributed by atoms with E-state index in [2.05, 4.69) is 5.32 Å². The second kappa shape index (κ2) is 4.04. The van der Waals surface area contributed by atoms with Crippen LogP contribution in [0.25, 0.3) is 0 Å². The van der Waals surface area contributed by atoms with Crippen molar-refractivity contribution in [2.45, 2.75) is 6.92 Å². The maximum atomic E-state index is 13.3. The maximum Gasteiger partial charge on any atom is 0.236 e. The molecule has 0 aromatic heterocycles. The van der Waals surface area contributed by atoms with Gasteiger partial charge in [-0.1, -0.05) is 6.07 Å². The molecule has 0 aliphatic rings. The van der Waals surface area contributed by atoms with E-state index < -0.39 is 17.5 Å². The Morgan fingerprint density at radius 2 is 2.14 bits per heavy atom. The average Bonchev–Trinajstić information content (AvgIpc) is 2.11. The van der Waals surface area contributed by atoms with Gasteiger partial charge in [0, 0.05) is 0 Å². The van der Waals surface area contributed by atoms with Gasteiger partial charge in [-0.15, -0.1) is 0 Å². The number of aryl methyl sites for hydroxylation is 1. The number of nitrogens with two attached hydrogens (primary N) is 1. The normalized spacial score (nSPS) is 9.93. The van der Waals surface area contributed by atoms with Crippen LogP contribution in [0.3, 0.4) is 0 Å². The summed E-state index contributed by atoms with van der Waals surface area (Å²) < 4.78 is 26.3. The number of hydrogen-bond acceptors (Lipinski definition) is 2. The third kappa shape index (κ3) is 2.18. The van der Waals surface area contributed by atoms with E-state index in [4.69, 9.17) is 5.73 Å². The third-order valence-electron chi connectivity index (χ3n) is 1.72. The Balaban J connectivity index is 2.95. The minimum absolute atomic E-state index is 0.294. The van der Waals surface area contributed by atoms with Gasteiger partial charge in [0.25, 0.3) is 0 Å². The molecule has 0 radical (unpaired) electrons. The molecule has 3 nitrogen and oxygen atoms in total. The van der Waals surface area contributed by atoms with Crippen LogP contribution in [-0.4, -0.2) is 12.5 Å². The summed E-state index contributed by atoms with van der Waals surface area (Å²) in [5, 5.41) is 2.30. The third-order valence-corrected chi connectivity index (χ3v) is 1.72. The predicted octanol–water partition coefficient (Wildman–Crippen LogP) is 1.17. The molecule has 0 spiro atoms. The molecule has 0 atom stereocenters. The molecule has 0 bridgehead atoms. The Hall–Kier alpha value is -1.65. The lowest BCUT2D eigenvalue weighted by Gasteiger charge is -2.08. The van der Waals surface area contributed by atoms with Crippen LogP contribution in [0.15, 0.2) is 12.1 Å². The predicted molar refractivity (Wildman–Crippen MR) is 48.8 cm³/mol. The number of anilines is 1. The number of carbonyl (C=O) groups excluding carboxylic acids is 1. The van der Waals surface area contributed by atoms with Crippen molar-refractivity contribution in [3.8, 4) is 0 Å². The first-order chi connectivity index (χ1) is 6.52. The summed E-state index contributed by atoms with van der Waals surface area (Å²) in [4.78, 5) is 10.4. The van der Waals surface area contributed by atoms with E-state index >= 15 is 0 Å². The zero-order valence-corrected chi connectivity index (χ0v) is 7.60. The summed E-state index contributed by atoms with van der Waals surface area (Å²) in [6.07, 6.45) is 0. The Morgan fingerprint density at radius 1 is 1.50 bits per heavy atom. The molecule has 1 aromatic carbocycles. The Labute approximate surface area is 79.9 Å². The lowest BCUT2D eigenvalue weighted by molar-refractivity contribution is -0.116. The van der Waals surface area contributed by atoms with E-state index in [1.165, 1.54) is 13.0 Å². The lowest BCUT2D eigenvalue weighted by atomic mass is 10.2. The molecule has 76 valence electrons. The van der Waals surface area contributed by atoms with E-state index in [0.29, 0.717) is 5.56 Å². The molecule has 0 unspecified atom stereocenters. The zero-order chi connectivity index (χ0) is 10.7. The molecular weight excluding hydrogens is 190 g/mol. The van der Waals surface area contributed by atoms with Crippen LogP contribution in [0.1, 0.15) is 5.56 Å². The summed E-state index contributed by atoms with van der Waals surface area (Å²) in [7, 11) is 0. The van der Waals surface area contributed by atoms with Crippen molar-refractivity contribution >= 4 is 11.6 Å². The molecular formula is C9H10F2N2O. The van der Waals surface area contributed by atoms with E-state index in [9.17, 15) is 13.6 Å². The standard InChI is InChI=1S/C9H10F2N2O/c1-5-2-3-6(10)9(8(5)11)13-4-7(12)14/h2-3,13H,4H2,1H3,(H2,12,14). The van der Waals surface area contributed by atoms with E-state index in [0.717, 1.165) is 6.07 Å². The molecule has 1 amide bonds. The minimum Gasteiger partial charge on any atom is -0.371 e. The number of nitrogens with one attached hydrogen (secondary N) is 1. The van der Waals surface area contributed by atoms with Gasteiger partial charge in [-0.25, -0.2) is 8.78 Å². The fourth-order valence-electron chi connectivity index (χ4n) is 0.994. The van der Waals surface area contributed by atoms with Crippen molar-refractivity contribution < 1.29 is 13.6 Å². The molecule has 0 aliphatic carbocycles. The lowest BCUT2D eigenvalue weighted by Crippen LogP contribution is -2.22. The fourth-order valence-corrected chi connectivity index (χ4v) is 0.994. The van der Waals surface area contributed by atoms with Crippen LogP contribution in [0.5, 0.6) is 0 Å². The number of primary amides is 1. The second-order valence-electron chi connectivity index (χ2n) is 2.87. The van der Waals surface area contributed by atoms with Crippen molar-refractivity contribution in [2.24, 2.45) is 5.73 Å². The molecule has 0 fully saturated rings. The SMILES string of the molecule is Cc1ccc(F)c(NCC(N)=O)c1F. The van der Waals surface area contributed by atoms with Gasteiger partial charge in [-0.2, -0.15) is 0 Å². The topological polar surface area (TPSA) is 55.1 Å². The first-order valence-electron chi connectivity index (χ1n) is 3.99. The second-order valence-corrected chi connectivity index (χ2v) is 2.87. The number of halogens is 2. The van der Waals surface area contributed by atoms with E-state index in [1.54, 1.807) is 0 Å².